The summed E-state index contributed by atoms with van der Waals surface area (Å²) < 4.78 is 19.7. The van der Waals surface area contributed by atoms with Crippen LogP contribution in [-0.2, 0) is 34.0 Å². The van der Waals surface area contributed by atoms with Gasteiger partial charge in [0, 0.05) is 6.54 Å². The second-order valence-corrected chi connectivity index (χ2v) is 9.55. The molecule has 5 nitrogen and oxygen atoms in total. The van der Waals surface area contributed by atoms with Crippen LogP contribution in [0.1, 0.15) is 29.5 Å². The minimum atomic E-state index is -0.442. The summed E-state index contributed by atoms with van der Waals surface area (Å²) in [6.45, 7) is 3.12. The summed E-state index contributed by atoms with van der Waals surface area (Å²) in [6.07, 6.45) is 0.557. The third-order valence-electron chi connectivity index (χ3n) is 7.08. The van der Waals surface area contributed by atoms with Crippen molar-refractivity contribution in [1.82, 2.24) is 4.90 Å². The molecule has 0 bridgehead atoms. The van der Waals surface area contributed by atoms with E-state index >= 15 is 0 Å². The van der Waals surface area contributed by atoms with Gasteiger partial charge in [-0.1, -0.05) is 91.0 Å². The van der Waals surface area contributed by atoms with Crippen LogP contribution in [0.2, 0.25) is 0 Å². The highest BCUT2D eigenvalue weighted by Crippen LogP contribution is 2.33. The van der Waals surface area contributed by atoms with Crippen LogP contribution in [0, 0.1) is 0 Å². The lowest BCUT2D eigenvalue weighted by Gasteiger charge is -2.52. The third kappa shape index (κ3) is 6.18. The number of hydrogen-bond acceptors (Lipinski definition) is 5. The van der Waals surface area contributed by atoms with Crippen molar-refractivity contribution in [3.8, 4) is 0 Å². The Morgan fingerprint density at radius 3 is 1.69 bits per heavy atom. The standard InChI is InChI=1S/C30H35NO4/c32-26-17-10-18-31-19-27(33-20-23-11-4-1-5-12-23)29(34-21-24-13-6-2-7-14-24)30(28(26)31)35-22-25-15-8-3-9-16-25/h1-9,11-16,26-30,32H,10,17-22H2/t26-,27-,28-,29+,30+/m0/s1. The monoisotopic (exact) mass is 473 g/mol. The van der Waals surface area contributed by atoms with Crippen molar-refractivity contribution in [3.63, 3.8) is 0 Å². The van der Waals surface area contributed by atoms with Crippen molar-refractivity contribution in [2.75, 3.05) is 13.1 Å². The molecule has 1 N–H and O–H groups in total. The molecule has 5 rings (SSSR count). The van der Waals surface area contributed by atoms with Crippen molar-refractivity contribution in [2.24, 2.45) is 0 Å². The smallest absolute Gasteiger partial charge is 0.113 e. The average Bonchev–Trinajstić information content (AvgIpc) is 2.91. The number of aliphatic hydroxyl groups is 1. The van der Waals surface area contributed by atoms with Crippen molar-refractivity contribution < 1.29 is 19.3 Å². The van der Waals surface area contributed by atoms with Crippen LogP contribution < -0.4 is 0 Å². The second kappa shape index (κ2) is 11.9. The summed E-state index contributed by atoms with van der Waals surface area (Å²) in [7, 11) is 0. The van der Waals surface area contributed by atoms with Crippen LogP contribution in [0.3, 0.4) is 0 Å². The first-order valence-electron chi connectivity index (χ1n) is 12.7. The van der Waals surface area contributed by atoms with Crippen LogP contribution in [0.15, 0.2) is 91.0 Å². The SMILES string of the molecule is O[C@H]1CCCN2C[C@H](OCc3ccccc3)[C@@H](OCc3ccccc3)[C@H](OCc3ccccc3)[C@H]12. The molecule has 3 aromatic carbocycles. The highest BCUT2D eigenvalue weighted by Gasteiger charge is 2.49. The molecule has 35 heavy (non-hydrogen) atoms. The largest absolute Gasteiger partial charge is 0.391 e. The van der Waals surface area contributed by atoms with Gasteiger partial charge in [-0.2, -0.15) is 0 Å². The molecule has 0 radical (unpaired) electrons. The van der Waals surface area contributed by atoms with E-state index < -0.39 is 6.10 Å². The predicted octanol–water partition coefficient (Wildman–Crippen LogP) is 4.58. The predicted molar refractivity (Wildman–Crippen MR) is 136 cm³/mol. The first-order chi connectivity index (χ1) is 17.3. The van der Waals surface area contributed by atoms with Gasteiger partial charge in [0.25, 0.3) is 0 Å². The van der Waals surface area contributed by atoms with Gasteiger partial charge in [0.1, 0.15) is 12.2 Å². The molecular weight excluding hydrogens is 438 g/mol. The number of benzene rings is 3. The Hall–Kier alpha value is -2.54. The Bertz CT molecular complexity index is 1020. The van der Waals surface area contributed by atoms with E-state index in [-0.39, 0.29) is 24.4 Å². The van der Waals surface area contributed by atoms with Gasteiger partial charge >= 0.3 is 0 Å². The first-order valence-corrected chi connectivity index (χ1v) is 12.7. The van der Waals surface area contributed by atoms with Gasteiger partial charge in [-0.05, 0) is 36.1 Å². The summed E-state index contributed by atoms with van der Waals surface area (Å²) in [4.78, 5) is 2.35. The zero-order chi connectivity index (χ0) is 23.9. The molecule has 0 spiro atoms. The number of aliphatic hydroxyl groups excluding tert-OH is 1. The van der Waals surface area contributed by atoms with Crippen molar-refractivity contribution in [3.05, 3.63) is 108 Å². The van der Waals surface area contributed by atoms with Gasteiger partial charge in [-0.3, -0.25) is 4.90 Å². The minimum absolute atomic E-state index is 0.107. The molecule has 5 atom stereocenters. The third-order valence-corrected chi connectivity index (χ3v) is 7.08. The maximum atomic E-state index is 11.1. The molecule has 2 aliphatic rings. The maximum Gasteiger partial charge on any atom is 0.113 e. The van der Waals surface area contributed by atoms with E-state index in [1.807, 2.05) is 54.6 Å². The molecule has 0 aromatic heterocycles. The Kier molecular flexibility index (Phi) is 8.24. The first kappa shape index (κ1) is 24.2. The van der Waals surface area contributed by atoms with Crippen molar-refractivity contribution in [1.29, 1.82) is 0 Å². The summed E-state index contributed by atoms with van der Waals surface area (Å²) >= 11 is 0. The highest BCUT2D eigenvalue weighted by molar-refractivity contribution is 5.16. The fourth-order valence-electron chi connectivity index (χ4n) is 5.30. The summed E-state index contributed by atoms with van der Waals surface area (Å²) in [5.41, 5.74) is 3.36. The topological polar surface area (TPSA) is 51.2 Å². The molecule has 2 saturated heterocycles. The van der Waals surface area contributed by atoms with Crippen molar-refractivity contribution in [2.45, 2.75) is 63.1 Å². The summed E-state index contributed by atoms with van der Waals surface area (Å²) in [5, 5.41) is 11.1. The molecule has 184 valence electrons. The molecule has 0 saturated carbocycles. The Balaban J connectivity index is 1.39. The molecule has 2 aliphatic heterocycles. The number of ether oxygens (including phenoxy) is 3. The van der Waals surface area contributed by atoms with Crippen LogP contribution in [-0.4, -0.2) is 53.6 Å². The second-order valence-electron chi connectivity index (χ2n) is 9.55. The summed E-state index contributed by atoms with van der Waals surface area (Å²) in [5.74, 6) is 0. The number of rotatable bonds is 9. The lowest BCUT2D eigenvalue weighted by atomic mass is 9.85. The normalized spacial score (nSPS) is 26.8. The number of fused-ring (bicyclic) bond motifs is 1. The van der Waals surface area contributed by atoms with Gasteiger partial charge in [-0.25, -0.2) is 0 Å². The number of nitrogens with zero attached hydrogens (tertiary/aromatic N) is 1. The van der Waals surface area contributed by atoms with Gasteiger partial charge in [-0.15, -0.1) is 0 Å². The van der Waals surface area contributed by atoms with Crippen molar-refractivity contribution >= 4 is 0 Å². The number of piperidine rings is 2. The molecule has 3 aromatic rings. The lowest BCUT2D eigenvalue weighted by molar-refractivity contribution is -0.222. The van der Waals surface area contributed by atoms with Gasteiger partial charge in [0.05, 0.1) is 38.1 Å². The zero-order valence-electron chi connectivity index (χ0n) is 20.1. The van der Waals surface area contributed by atoms with E-state index in [9.17, 15) is 5.11 Å². The fraction of sp³-hybridized carbons (Fsp3) is 0.400. The average molecular weight is 474 g/mol. The molecular formula is C30H35NO4. The molecule has 5 heteroatoms. The highest BCUT2D eigenvalue weighted by atomic mass is 16.6. The Morgan fingerprint density at radius 1 is 0.657 bits per heavy atom. The molecule has 0 amide bonds. The van der Waals surface area contributed by atoms with E-state index in [0.717, 1.165) is 42.6 Å². The van der Waals surface area contributed by atoms with Gasteiger partial charge in [0.15, 0.2) is 0 Å². The molecule has 0 aliphatic carbocycles. The molecule has 2 heterocycles. The van der Waals surface area contributed by atoms with Crippen LogP contribution in [0.4, 0.5) is 0 Å². The van der Waals surface area contributed by atoms with E-state index in [4.69, 9.17) is 14.2 Å². The van der Waals surface area contributed by atoms with Gasteiger partial charge in [0.2, 0.25) is 0 Å². The van der Waals surface area contributed by atoms with E-state index in [1.54, 1.807) is 0 Å². The van der Waals surface area contributed by atoms with Crippen LogP contribution in [0.5, 0.6) is 0 Å². The lowest BCUT2D eigenvalue weighted by Crippen LogP contribution is -2.68. The quantitative estimate of drug-likeness (QED) is 0.493. The minimum Gasteiger partial charge on any atom is -0.391 e. The van der Waals surface area contributed by atoms with Gasteiger partial charge < -0.3 is 19.3 Å². The van der Waals surface area contributed by atoms with E-state index in [1.165, 1.54) is 0 Å². The van der Waals surface area contributed by atoms with Crippen LogP contribution in [0.25, 0.3) is 0 Å². The maximum absolute atomic E-state index is 11.1. The molecule has 0 unspecified atom stereocenters. The van der Waals surface area contributed by atoms with Crippen LogP contribution >= 0.6 is 0 Å². The fourth-order valence-corrected chi connectivity index (χ4v) is 5.30. The Morgan fingerprint density at radius 2 is 1.14 bits per heavy atom. The zero-order valence-corrected chi connectivity index (χ0v) is 20.1. The summed E-state index contributed by atoms with van der Waals surface area (Å²) in [6, 6.07) is 30.6. The molecule has 2 fully saturated rings. The van der Waals surface area contributed by atoms with E-state index in [0.29, 0.717) is 19.8 Å². The van der Waals surface area contributed by atoms with E-state index in [2.05, 4.69) is 41.3 Å². The number of hydrogen-bond donors (Lipinski definition) is 1. The Labute approximate surface area is 208 Å².